The van der Waals surface area contributed by atoms with E-state index in [1.54, 1.807) is 49.3 Å². The number of pyridine rings is 3. The minimum Gasteiger partial charge on any atom is -0.338 e. The van der Waals surface area contributed by atoms with Gasteiger partial charge in [-0.1, -0.05) is 0 Å². The van der Waals surface area contributed by atoms with Crippen LogP contribution in [0.2, 0.25) is 0 Å². The largest absolute Gasteiger partial charge is 0.338 e. The number of carbonyl (C=O) groups excluding carboxylic acids is 1. The van der Waals surface area contributed by atoms with Crippen LogP contribution < -0.4 is 0 Å². The lowest BCUT2D eigenvalue weighted by atomic mass is 9.89. The SMILES string of the molecule is O=C(c1ccncc1)N1CCCC(c2nc(-c3cccnc3)ncc2-c2ccncc2)C1. The summed E-state index contributed by atoms with van der Waals surface area (Å²) in [5.41, 5.74) is 4.48. The van der Waals surface area contributed by atoms with Crippen molar-refractivity contribution >= 4 is 5.91 Å². The Hall–Kier alpha value is -4.00. The van der Waals surface area contributed by atoms with Gasteiger partial charge in [0.15, 0.2) is 5.82 Å². The molecule has 5 rings (SSSR count). The molecule has 1 saturated heterocycles. The predicted octanol–water partition coefficient (Wildman–Crippen LogP) is 4.02. The zero-order valence-electron chi connectivity index (χ0n) is 17.5. The quantitative estimate of drug-likeness (QED) is 0.494. The molecule has 158 valence electrons. The fraction of sp³-hybridized carbons (Fsp3) is 0.200. The van der Waals surface area contributed by atoms with Crippen LogP contribution in [0.15, 0.2) is 79.8 Å². The third-order valence-electron chi connectivity index (χ3n) is 5.75. The van der Waals surface area contributed by atoms with Gasteiger partial charge in [0.1, 0.15) is 0 Å². The third kappa shape index (κ3) is 4.09. The Bertz CT molecular complexity index is 1200. The van der Waals surface area contributed by atoms with Crippen LogP contribution >= 0.6 is 0 Å². The van der Waals surface area contributed by atoms with E-state index in [2.05, 4.69) is 19.9 Å². The van der Waals surface area contributed by atoms with Crippen molar-refractivity contribution in [1.29, 1.82) is 0 Å². The van der Waals surface area contributed by atoms with Gasteiger partial charge in [0.05, 0.1) is 5.69 Å². The van der Waals surface area contributed by atoms with Crippen LogP contribution in [0.5, 0.6) is 0 Å². The van der Waals surface area contributed by atoms with Gasteiger partial charge < -0.3 is 4.90 Å². The zero-order chi connectivity index (χ0) is 21.8. The van der Waals surface area contributed by atoms with Crippen LogP contribution in [0.25, 0.3) is 22.5 Å². The Morgan fingerprint density at radius 3 is 2.41 bits per heavy atom. The van der Waals surface area contributed by atoms with Crippen molar-refractivity contribution in [3.05, 3.63) is 91.0 Å². The third-order valence-corrected chi connectivity index (χ3v) is 5.75. The molecular weight excluding hydrogens is 400 g/mol. The number of rotatable bonds is 4. The van der Waals surface area contributed by atoms with Crippen molar-refractivity contribution < 1.29 is 4.79 Å². The van der Waals surface area contributed by atoms with Crippen molar-refractivity contribution in [1.82, 2.24) is 29.8 Å². The van der Waals surface area contributed by atoms with Crippen molar-refractivity contribution in [2.75, 3.05) is 13.1 Å². The molecule has 1 amide bonds. The molecule has 0 spiro atoms. The number of nitrogens with zero attached hydrogens (tertiary/aromatic N) is 6. The summed E-state index contributed by atoms with van der Waals surface area (Å²) in [5, 5.41) is 0. The number of carbonyl (C=O) groups is 1. The number of likely N-dealkylation sites (tertiary alicyclic amines) is 1. The molecule has 0 bridgehead atoms. The number of aromatic nitrogens is 5. The van der Waals surface area contributed by atoms with E-state index in [1.165, 1.54) is 0 Å². The van der Waals surface area contributed by atoms with E-state index < -0.39 is 0 Å². The highest BCUT2D eigenvalue weighted by molar-refractivity contribution is 5.94. The van der Waals surface area contributed by atoms with Crippen molar-refractivity contribution in [3.63, 3.8) is 0 Å². The second kappa shape index (κ2) is 9.01. The first-order valence-corrected chi connectivity index (χ1v) is 10.7. The second-order valence-corrected chi connectivity index (χ2v) is 7.80. The molecule has 1 fully saturated rings. The molecule has 0 saturated carbocycles. The Kier molecular flexibility index (Phi) is 5.61. The number of piperidine rings is 1. The molecule has 0 aliphatic carbocycles. The van der Waals surface area contributed by atoms with Crippen molar-refractivity contribution in [3.8, 4) is 22.5 Å². The number of amides is 1. The lowest BCUT2D eigenvalue weighted by molar-refractivity contribution is 0.0706. The summed E-state index contributed by atoms with van der Waals surface area (Å²) in [4.78, 5) is 37.0. The molecule has 1 aliphatic heterocycles. The maximum Gasteiger partial charge on any atom is 0.253 e. The average Bonchev–Trinajstić information content (AvgIpc) is 2.89. The van der Waals surface area contributed by atoms with Gasteiger partial charge in [-0.15, -0.1) is 0 Å². The van der Waals surface area contributed by atoms with Crippen LogP contribution in [0, 0.1) is 0 Å². The van der Waals surface area contributed by atoms with Gasteiger partial charge >= 0.3 is 0 Å². The smallest absolute Gasteiger partial charge is 0.253 e. The average molecular weight is 422 g/mol. The molecule has 0 aromatic carbocycles. The highest BCUT2D eigenvalue weighted by Crippen LogP contribution is 2.34. The summed E-state index contributed by atoms with van der Waals surface area (Å²) in [5.74, 6) is 0.781. The molecule has 0 N–H and O–H groups in total. The molecule has 1 aliphatic rings. The highest BCUT2D eigenvalue weighted by atomic mass is 16.2. The Balaban J connectivity index is 1.52. The molecule has 0 radical (unpaired) electrons. The highest BCUT2D eigenvalue weighted by Gasteiger charge is 2.28. The van der Waals surface area contributed by atoms with Gasteiger partial charge in [-0.2, -0.15) is 0 Å². The molecule has 1 atom stereocenters. The summed E-state index contributed by atoms with van der Waals surface area (Å²) in [7, 11) is 0. The van der Waals surface area contributed by atoms with Crippen LogP contribution in [0.3, 0.4) is 0 Å². The van der Waals surface area contributed by atoms with E-state index in [9.17, 15) is 4.79 Å². The number of hydrogen-bond donors (Lipinski definition) is 0. The van der Waals surface area contributed by atoms with E-state index in [4.69, 9.17) is 4.98 Å². The van der Waals surface area contributed by atoms with E-state index in [0.29, 0.717) is 17.9 Å². The predicted molar refractivity (Wildman–Crippen MR) is 121 cm³/mol. The minimum atomic E-state index is 0.0316. The van der Waals surface area contributed by atoms with Gasteiger partial charge in [-0.3, -0.25) is 19.7 Å². The molecule has 5 heterocycles. The summed E-state index contributed by atoms with van der Waals surface area (Å²) in [6, 6.07) is 11.3. The van der Waals surface area contributed by atoms with Gasteiger partial charge in [0.2, 0.25) is 0 Å². The zero-order valence-corrected chi connectivity index (χ0v) is 17.5. The van der Waals surface area contributed by atoms with E-state index in [0.717, 1.165) is 41.8 Å². The summed E-state index contributed by atoms with van der Waals surface area (Å²) >= 11 is 0. The van der Waals surface area contributed by atoms with Gasteiger partial charge in [0, 0.05) is 79.1 Å². The van der Waals surface area contributed by atoms with E-state index >= 15 is 0 Å². The molecule has 4 aromatic heterocycles. The van der Waals surface area contributed by atoms with E-state index in [1.807, 2.05) is 35.4 Å². The molecule has 7 heteroatoms. The first-order valence-electron chi connectivity index (χ1n) is 10.7. The lowest BCUT2D eigenvalue weighted by Gasteiger charge is -2.33. The molecular formula is C25H22N6O. The fourth-order valence-electron chi connectivity index (χ4n) is 4.16. The van der Waals surface area contributed by atoms with Crippen molar-refractivity contribution in [2.24, 2.45) is 0 Å². The first-order chi connectivity index (χ1) is 15.8. The Morgan fingerprint density at radius 1 is 0.875 bits per heavy atom. The van der Waals surface area contributed by atoms with Crippen molar-refractivity contribution in [2.45, 2.75) is 18.8 Å². The fourth-order valence-corrected chi connectivity index (χ4v) is 4.16. The van der Waals surface area contributed by atoms with Gasteiger partial charge in [0.25, 0.3) is 5.91 Å². The summed E-state index contributed by atoms with van der Waals surface area (Å²) in [6.07, 6.45) is 14.1. The number of hydrogen-bond acceptors (Lipinski definition) is 6. The van der Waals surface area contributed by atoms with Crippen LogP contribution in [0.4, 0.5) is 0 Å². The second-order valence-electron chi connectivity index (χ2n) is 7.80. The lowest BCUT2D eigenvalue weighted by Crippen LogP contribution is -2.39. The minimum absolute atomic E-state index is 0.0316. The topological polar surface area (TPSA) is 84.8 Å². The normalized spacial score (nSPS) is 16.0. The monoisotopic (exact) mass is 422 g/mol. The Labute approximate surface area is 186 Å². The van der Waals surface area contributed by atoms with Gasteiger partial charge in [-0.25, -0.2) is 9.97 Å². The summed E-state index contributed by atoms with van der Waals surface area (Å²) in [6.45, 7) is 1.35. The van der Waals surface area contributed by atoms with Gasteiger partial charge in [-0.05, 0) is 54.8 Å². The van der Waals surface area contributed by atoms with Crippen LogP contribution in [0.1, 0.15) is 34.8 Å². The molecule has 4 aromatic rings. The van der Waals surface area contributed by atoms with Crippen LogP contribution in [-0.2, 0) is 0 Å². The van der Waals surface area contributed by atoms with E-state index in [-0.39, 0.29) is 11.8 Å². The molecule has 32 heavy (non-hydrogen) atoms. The van der Waals surface area contributed by atoms with Crippen LogP contribution in [-0.4, -0.2) is 48.8 Å². The standard InChI is InChI=1S/C25H22N6O/c32-25(19-7-12-27-13-8-19)31-14-2-4-21(17-31)23-22(18-5-10-26-11-6-18)16-29-24(30-23)20-3-1-9-28-15-20/h1,3,5-13,15-16,21H,2,4,14,17H2. The maximum absolute atomic E-state index is 13.1. The first kappa shape index (κ1) is 19.9. The summed E-state index contributed by atoms with van der Waals surface area (Å²) < 4.78 is 0. The molecule has 7 nitrogen and oxygen atoms in total. The maximum atomic E-state index is 13.1. The molecule has 1 unspecified atom stereocenters. The Morgan fingerprint density at radius 2 is 1.66 bits per heavy atom.